The van der Waals surface area contributed by atoms with E-state index in [1.807, 2.05) is 0 Å². The van der Waals surface area contributed by atoms with Crippen LogP contribution in [-0.2, 0) is 0 Å². The van der Waals surface area contributed by atoms with Crippen LogP contribution >= 0.6 is 0 Å². The van der Waals surface area contributed by atoms with Crippen LogP contribution in [0.2, 0.25) is 0 Å². The Morgan fingerprint density at radius 1 is 1.75 bits per heavy atom. The van der Waals surface area contributed by atoms with Crippen molar-refractivity contribution in [2.24, 2.45) is 0 Å². The summed E-state index contributed by atoms with van der Waals surface area (Å²) in [6, 6.07) is 0. The van der Waals surface area contributed by atoms with Gasteiger partial charge in [-0.15, -0.1) is 0 Å². The molecule has 20 valence electrons. The van der Waals surface area contributed by atoms with E-state index in [9.17, 15) is 0 Å². The van der Waals surface area contributed by atoms with E-state index in [4.69, 9.17) is 5.41 Å². The van der Waals surface area contributed by atoms with Gasteiger partial charge in [-0.1, -0.05) is 0 Å². The van der Waals surface area contributed by atoms with Gasteiger partial charge in [-0.3, -0.25) is 5.41 Å². The Morgan fingerprint density at radius 3 is 1.75 bits per heavy atom. The van der Waals surface area contributed by atoms with E-state index in [0.717, 1.165) is 0 Å². The van der Waals surface area contributed by atoms with Crippen molar-refractivity contribution >= 4 is 43.6 Å². The third-order valence-corrected chi connectivity index (χ3v) is 0. The van der Waals surface area contributed by atoms with Crippen LogP contribution in [0.15, 0.2) is 6.58 Å². The van der Waals surface area contributed by atoms with E-state index in [1.54, 1.807) is 5.87 Å². The first-order valence-corrected chi connectivity index (χ1v) is 0.604. The Morgan fingerprint density at radius 2 is 1.75 bits per heavy atom. The van der Waals surface area contributed by atoms with Crippen molar-refractivity contribution < 1.29 is 0 Å². The third-order valence-electron chi connectivity index (χ3n) is 0. The van der Waals surface area contributed by atoms with E-state index >= 15 is 0 Å². The van der Waals surface area contributed by atoms with Crippen LogP contribution in [0.4, 0.5) is 0 Å². The van der Waals surface area contributed by atoms with Crippen molar-refractivity contribution in [2.45, 2.75) is 0 Å². The normalized spacial score (nSPS) is 2.00. The summed E-state index contributed by atoms with van der Waals surface area (Å²) >= 11 is 0. The second kappa shape index (κ2) is 9.32. The Labute approximate surface area is 55.2 Å². The molecule has 1 nitrogen and oxygen atoms in total. The Hall–Kier alpha value is 0.710. The van der Waals surface area contributed by atoms with Crippen molar-refractivity contribution in [2.75, 3.05) is 0 Å². The monoisotopic (exact) mass is 83.0 g/mol. The summed E-state index contributed by atoms with van der Waals surface area (Å²) < 4.78 is 0. The van der Waals surface area contributed by atoms with Gasteiger partial charge in [-0.25, -0.2) is 0 Å². The first-order chi connectivity index (χ1) is 1.41. The third kappa shape index (κ3) is 15.7. The van der Waals surface area contributed by atoms with Crippen LogP contribution < -0.4 is 0 Å². The zero-order valence-corrected chi connectivity index (χ0v) is 1.71. The maximum atomic E-state index is 5.85. The van der Waals surface area contributed by atoms with Gasteiger partial charge in [-0.2, -0.15) is 0 Å². The molecule has 0 rings (SSSR count). The Kier molecular flexibility index (Phi) is 20.6. The molecule has 0 spiro atoms. The average molecular weight is 83.1 g/mol. The molecule has 0 unspecified atom stereocenters. The summed E-state index contributed by atoms with van der Waals surface area (Å²) in [6.45, 7) is 2.90. The van der Waals surface area contributed by atoms with Crippen LogP contribution in [-0.4, -0.2) is 43.6 Å². The summed E-state index contributed by atoms with van der Waals surface area (Å²) in [5.41, 5.74) is 0. The van der Waals surface area contributed by atoms with Crippen molar-refractivity contribution in [3.8, 4) is 0 Å². The predicted molar refractivity (Wildman–Crippen MR) is 21.9 cm³/mol. The van der Waals surface area contributed by atoms with Gasteiger partial charge in [0.2, 0.25) is 0 Å². The fourth-order valence-electron chi connectivity index (χ4n) is 0. The summed E-state index contributed by atoms with van der Waals surface area (Å²) in [4.78, 5) is 0. The van der Waals surface area contributed by atoms with Crippen molar-refractivity contribution in [1.29, 1.82) is 5.41 Å². The molecule has 0 aliphatic carbocycles. The number of nitrogens with one attached hydrogen (secondary N) is 1. The second-order valence-electron chi connectivity index (χ2n) is 0.177. The quantitative estimate of drug-likeness (QED) is 0.302. The van der Waals surface area contributed by atoms with E-state index in [0.29, 0.717) is 0 Å². The predicted octanol–water partition coefficient (Wildman–Crippen LogP) is -0.495. The summed E-state index contributed by atoms with van der Waals surface area (Å²) in [5.74, 6) is 1.75. The summed E-state index contributed by atoms with van der Waals surface area (Å²) in [7, 11) is 0. The molecule has 0 aromatic carbocycles. The van der Waals surface area contributed by atoms with Gasteiger partial charge < -0.3 is 0 Å². The van der Waals surface area contributed by atoms with Crippen molar-refractivity contribution in [3.63, 3.8) is 0 Å². The van der Waals surface area contributed by atoms with Crippen molar-refractivity contribution in [1.82, 2.24) is 0 Å². The molecule has 0 atom stereocenters. The second-order valence-corrected chi connectivity index (χ2v) is 0.177. The molecule has 0 saturated heterocycles. The molecular weight excluding hydrogens is 78.1 g/mol. The molecule has 0 heterocycles. The minimum absolute atomic E-state index is 0. The zero-order chi connectivity index (χ0) is 2.71. The molecule has 2 heteroatoms. The fourth-order valence-corrected chi connectivity index (χ4v) is 0. The molecule has 4 heavy (non-hydrogen) atoms. The van der Waals surface area contributed by atoms with Crippen LogP contribution in [0.25, 0.3) is 0 Å². The molecule has 0 saturated carbocycles. The Bertz CT molecular complexity index is 27.0. The molecule has 0 aliphatic rings. The first kappa shape index (κ1) is 8.83. The average Bonchev–Trinajstić information content (AvgIpc) is 0.918. The minimum atomic E-state index is 0. The summed E-state index contributed by atoms with van der Waals surface area (Å²) in [6.07, 6.45) is 0. The Balaban J connectivity index is 0. The van der Waals surface area contributed by atoms with Crippen LogP contribution in [0.1, 0.15) is 0 Å². The number of hydrogen-bond acceptors (Lipinski definition) is 1. The molecule has 0 amide bonds. The van der Waals surface area contributed by atoms with Crippen LogP contribution in [0.5, 0.6) is 0 Å². The van der Waals surface area contributed by atoms with Gasteiger partial charge in [0.25, 0.3) is 0 Å². The van der Waals surface area contributed by atoms with Gasteiger partial charge >= 0.3 is 37.7 Å². The maximum absolute atomic E-state index is 5.85. The standard InChI is InChI=1S/C2H3N.Ca.2H/c1-2-3;;;/h3H,1H2;;;. The van der Waals surface area contributed by atoms with Crippen LogP contribution in [0, 0.1) is 5.41 Å². The van der Waals surface area contributed by atoms with Gasteiger partial charge in [0, 0.05) is 0 Å². The van der Waals surface area contributed by atoms with Crippen molar-refractivity contribution in [3.05, 3.63) is 6.58 Å². The van der Waals surface area contributed by atoms with E-state index < -0.39 is 0 Å². The van der Waals surface area contributed by atoms with E-state index in [1.165, 1.54) is 0 Å². The topological polar surface area (TPSA) is 23.9 Å². The zero-order valence-electron chi connectivity index (χ0n) is 1.71. The van der Waals surface area contributed by atoms with Gasteiger partial charge in [0.1, 0.15) is 0 Å². The van der Waals surface area contributed by atoms with E-state index in [-0.39, 0.29) is 37.7 Å². The molecule has 0 aliphatic heterocycles. The van der Waals surface area contributed by atoms with Gasteiger partial charge in [-0.05, 0) is 12.4 Å². The number of hydrogen-bond donors (Lipinski definition) is 1. The van der Waals surface area contributed by atoms with Gasteiger partial charge in [0.05, 0.1) is 0 Å². The molecule has 1 N–H and O–H groups in total. The molecule has 0 aromatic rings. The molecule has 0 aromatic heterocycles. The fraction of sp³-hybridized carbons (Fsp3) is 0. The first-order valence-electron chi connectivity index (χ1n) is 0.604. The molecule has 0 fully saturated rings. The molecule has 0 bridgehead atoms. The number of rotatable bonds is 0. The van der Waals surface area contributed by atoms with E-state index in [2.05, 4.69) is 6.58 Å². The van der Waals surface area contributed by atoms with Crippen LogP contribution in [0.3, 0.4) is 0 Å². The molecular formula is C2H5CaN. The van der Waals surface area contributed by atoms with Gasteiger partial charge in [0.15, 0.2) is 0 Å². The SMILES string of the molecule is C=C=N.[CaH2]. The molecule has 0 radical (unpaired) electrons. The summed E-state index contributed by atoms with van der Waals surface area (Å²) in [5, 5.41) is 5.85.